The number of aryl methyl sites for hydroxylation is 1. The van der Waals surface area contributed by atoms with Crippen molar-refractivity contribution in [3.05, 3.63) is 35.9 Å². The van der Waals surface area contributed by atoms with Gasteiger partial charge in [-0.05, 0) is 32.3 Å². The second kappa shape index (κ2) is 5.27. The number of hydrogen-bond donors (Lipinski definition) is 0. The van der Waals surface area contributed by atoms with Gasteiger partial charge < -0.3 is 13.7 Å². The van der Waals surface area contributed by atoms with E-state index < -0.39 is 0 Å². The molecule has 2 aromatic rings. The number of fused-ring (bicyclic) bond motifs is 1. The normalized spacial score (nSPS) is 29.7. The Bertz CT molecular complexity index is 595. The van der Waals surface area contributed by atoms with Crippen LogP contribution in [0.25, 0.3) is 0 Å². The van der Waals surface area contributed by atoms with E-state index in [0.717, 1.165) is 32.4 Å². The lowest BCUT2D eigenvalue weighted by Crippen LogP contribution is -2.40. The molecule has 2 aromatic heterocycles. The molecule has 0 spiro atoms. The minimum absolute atomic E-state index is 0.0404. The highest BCUT2D eigenvalue weighted by atomic mass is 16.5. The van der Waals surface area contributed by atoms with Crippen LogP contribution >= 0.6 is 0 Å². The van der Waals surface area contributed by atoms with Crippen molar-refractivity contribution in [1.29, 1.82) is 0 Å². The second-order valence-corrected chi connectivity index (χ2v) is 5.88. The first kappa shape index (κ1) is 13.0. The molecule has 0 radical (unpaired) electrons. The molecule has 3 atom stereocenters. The molecule has 4 rings (SSSR count). The Labute approximate surface area is 123 Å². The standard InChI is InChI=1S/C15H19N3O3/c1-10-16-15(21-17-10)14-3-2-12-13(20-14)4-6-18(12)8-11-5-7-19-9-11/h5,7,9,12-14H,2-4,6,8H2,1H3/t12-,13-,14-/m0/s1. The summed E-state index contributed by atoms with van der Waals surface area (Å²) in [6.07, 6.45) is 6.88. The fourth-order valence-electron chi connectivity index (χ4n) is 3.45. The third-order valence-corrected chi connectivity index (χ3v) is 4.45. The molecule has 0 amide bonds. The molecule has 4 heterocycles. The van der Waals surface area contributed by atoms with Crippen molar-refractivity contribution < 1.29 is 13.7 Å². The van der Waals surface area contributed by atoms with Crippen LogP contribution in [0.4, 0.5) is 0 Å². The molecule has 112 valence electrons. The Kier molecular flexibility index (Phi) is 3.27. The van der Waals surface area contributed by atoms with E-state index in [-0.39, 0.29) is 12.2 Å². The summed E-state index contributed by atoms with van der Waals surface area (Å²) in [7, 11) is 0. The quantitative estimate of drug-likeness (QED) is 0.865. The lowest BCUT2D eigenvalue weighted by Gasteiger charge is -2.34. The van der Waals surface area contributed by atoms with Crippen LogP contribution in [0.2, 0.25) is 0 Å². The third-order valence-electron chi connectivity index (χ3n) is 4.45. The number of likely N-dealkylation sites (tertiary alicyclic amines) is 1. The maximum Gasteiger partial charge on any atom is 0.255 e. The zero-order valence-corrected chi connectivity index (χ0v) is 12.1. The van der Waals surface area contributed by atoms with Gasteiger partial charge in [-0.3, -0.25) is 4.90 Å². The molecule has 0 unspecified atom stereocenters. The van der Waals surface area contributed by atoms with Crippen LogP contribution in [-0.2, 0) is 11.3 Å². The van der Waals surface area contributed by atoms with E-state index in [1.807, 2.05) is 19.3 Å². The number of rotatable bonds is 3. The average Bonchev–Trinajstić information content (AvgIpc) is 3.21. The van der Waals surface area contributed by atoms with Crippen LogP contribution in [0.5, 0.6) is 0 Å². The molecule has 0 aliphatic carbocycles. The van der Waals surface area contributed by atoms with Crippen molar-refractivity contribution >= 4 is 0 Å². The van der Waals surface area contributed by atoms with E-state index in [1.165, 1.54) is 5.56 Å². The molecule has 0 saturated carbocycles. The van der Waals surface area contributed by atoms with Gasteiger partial charge in [-0.1, -0.05) is 5.16 Å². The second-order valence-electron chi connectivity index (χ2n) is 5.88. The fraction of sp³-hybridized carbons (Fsp3) is 0.600. The highest BCUT2D eigenvalue weighted by molar-refractivity contribution is 5.07. The predicted octanol–water partition coefficient (Wildman–Crippen LogP) is 2.47. The van der Waals surface area contributed by atoms with Crippen LogP contribution < -0.4 is 0 Å². The molecule has 21 heavy (non-hydrogen) atoms. The highest BCUT2D eigenvalue weighted by Crippen LogP contribution is 2.38. The molecular formula is C15H19N3O3. The highest BCUT2D eigenvalue weighted by Gasteiger charge is 2.41. The van der Waals surface area contributed by atoms with Crippen molar-refractivity contribution in [2.24, 2.45) is 0 Å². The van der Waals surface area contributed by atoms with Gasteiger partial charge in [0.1, 0.15) is 6.10 Å². The summed E-state index contributed by atoms with van der Waals surface area (Å²) < 4.78 is 16.6. The molecule has 6 nitrogen and oxygen atoms in total. The van der Waals surface area contributed by atoms with Gasteiger partial charge in [0.25, 0.3) is 5.89 Å². The van der Waals surface area contributed by atoms with Gasteiger partial charge in [0, 0.05) is 24.7 Å². The lowest BCUT2D eigenvalue weighted by atomic mass is 9.99. The number of ether oxygens (including phenoxy) is 1. The molecule has 0 aromatic carbocycles. The molecule has 0 bridgehead atoms. The van der Waals surface area contributed by atoms with Gasteiger partial charge >= 0.3 is 0 Å². The average molecular weight is 289 g/mol. The number of hydrogen-bond acceptors (Lipinski definition) is 6. The molecule has 2 aliphatic heterocycles. The van der Waals surface area contributed by atoms with Crippen molar-refractivity contribution in [2.45, 2.75) is 51.0 Å². The van der Waals surface area contributed by atoms with Crippen molar-refractivity contribution in [3.8, 4) is 0 Å². The van der Waals surface area contributed by atoms with Gasteiger partial charge in [0.05, 0.1) is 18.6 Å². The zero-order chi connectivity index (χ0) is 14.2. The molecule has 2 saturated heterocycles. The van der Waals surface area contributed by atoms with E-state index in [9.17, 15) is 0 Å². The largest absolute Gasteiger partial charge is 0.472 e. The van der Waals surface area contributed by atoms with Crippen molar-refractivity contribution in [3.63, 3.8) is 0 Å². The van der Waals surface area contributed by atoms with Crippen LogP contribution in [0.15, 0.2) is 27.5 Å². The van der Waals surface area contributed by atoms with Gasteiger partial charge in [0.15, 0.2) is 5.82 Å². The molecule has 2 aliphatic rings. The van der Waals surface area contributed by atoms with Crippen LogP contribution in [-0.4, -0.2) is 33.7 Å². The van der Waals surface area contributed by atoms with Crippen molar-refractivity contribution in [2.75, 3.05) is 6.54 Å². The van der Waals surface area contributed by atoms with Gasteiger partial charge in [-0.2, -0.15) is 4.98 Å². The van der Waals surface area contributed by atoms with E-state index in [4.69, 9.17) is 13.7 Å². The van der Waals surface area contributed by atoms with E-state index in [2.05, 4.69) is 15.0 Å². The summed E-state index contributed by atoms with van der Waals surface area (Å²) in [5.41, 5.74) is 1.23. The van der Waals surface area contributed by atoms with Gasteiger partial charge in [0.2, 0.25) is 0 Å². The SMILES string of the molecule is Cc1noc([C@@H]2CC[C@H]3[C@H](CCN3Cc3ccoc3)O2)n1. The van der Waals surface area contributed by atoms with E-state index in [1.54, 1.807) is 6.26 Å². The molecular weight excluding hydrogens is 270 g/mol. The first-order chi connectivity index (χ1) is 10.3. The monoisotopic (exact) mass is 289 g/mol. The summed E-state index contributed by atoms with van der Waals surface area (Å²) in [6.45, 7) is 3.84. The Morgan fingerprint density at radius 3 is 3.05 bits per heavy atom. The third kappa shape index (κ3) is 2.49. The van der Waals surface area contributed by atoms with E-state index >= 15 is 0 Å². The van der Waals surface area contributed by atoms with Crippen LogP contribution in [0.3, 0.4) is 0 Å². The molecule has 2 fully saturated rings. The molecule has 6 heteroatoms. The summed E-state index contributed by atoms with van der Waals surface area (Å²) in [6, 6.07) is 2.52. The zero-order valence-electron chi connectivity index (χ0n) is 12.1. The van der Waals surface area contributed by atoms with Crippen molar-refractivity contribution in [1.82, 2.24) is 15.0 Å². The van der Waals surface area contributed by atoms with Crippen LogP contribution in [0.1, 0.15) is 42.6 Å². The Morgan fingerprint density at radius 2 is 2.29 bits per heavy atom. The molecule has 0 N–H and O–H groups in total. The van der Waals surface area contributed by atoms with Crippen LogP contribution in [0, 0.1) is 6.92 Å². The minimum Gasteiger partial charge on any atom is -0.472 e. The predicted molar refractivity (Wildman–Crippen MR) is 73.4 cm³/mol. The minimum atomic E-state index is -0.0404. The lowest BCUT2D eigenvalue weighted by molar-refractivity contribution is -0.0831. The number of nitrogens with zero attached hydrogens (tertiary/aromatic N) is 3. The summed E-state index contributed by atoms with van der Waals surface area (Å²) in [5, 5.41) is 3.86. The maximum absolute atomic E-state index is 6.20. The number of aromatic nitrogens is 2. The first-order valence-electron chi connectivity index (χ1n) is 7.50. The number of furan rings is 1. The van der Waals surface area contributed by atoms with Gasteiger partial charge in [-0.15, -0.1) is 0 Å². The van der Waals surface area contributed by atoms with E-state index in [0.29, 0.717) is 17.8 Å². The topological polar surface area (TPSA) is 64.5 Å². The summed E-state index contributed by atoms with van der Waals surface area (Å²) in [5.74, 6) is 1.29. The Hall–Kier alpha value is -1.66. The summed E-state index contributed by atoms with van der Waals surface area (Å²) >= 11 is 0. The Balaban J connectivity index is 1.42. The smallest absolute Gasteiger partial charge is 0.255 e. The Morgan fingerprint density at radius 1 is 1.33 bits per heavy atom. The van der Waals surface area contributed by atoms with Gasteiger partial charge in [-0.25, -0.2) is 0 Å². The first-order valence-corrected chi connectivity index (χ1v) is 7.50. The maximum atomic E-state index is 6.20. The fourth-order valence-corrected chi connectivity index (χ4v) is 3.45. The summed E-state index contributed by atoms with van der Waals surface area (Å²) in [4.78, 5) is 6.79.